The molecule has 0 fully saturated rings. The molecule has 0 radical (unpaired) electrons. The summed E-state index contributed by atoms with van der Waals surface area (Å²) in [6.07, 6.45) is 0. The number of nitrogens with zero attached hydrogens (tertiary/aromatic N) is 2. The molecule has 57 heavy (non-hydrogen) atoms. The van der Waals surface area contributed by atoms with Crippen LogP contribution in [-0.2, 0) is 5.41 Å². The zero-order valence-electron chi connectivity index (χ0n) is 31.3. The summed E-state index contributed by atoms with van der Waals surface area (Å²) in [5.74, 6) is 0. The highest BCUT2D eigenvalue weighted by Gasteiger charge is 2.52. The third-order valence-electron chi connectivity index (χ3n) is 11.8. The molecule has 0 bridgehead atoms. The topological polar surface area (TPSA) is 6.48 Å². The Morgan fingerprint density at radius 1 is 0.246 bits per heavy atom. The molecule has 0 amide bonds. The average Bonchev–Trinajstić information content (AvgIpc) is 3.76. The van der Waals surface area contributed by atoms with E-state index in [2.05, 4.69) is 240 Å². The van der Waals surface area contributed by atoms with Crippen molar-refractivity contribution in [2.75, 3.05) is 9.80 Å². The fraction of sp³-hybridized carbons (Fsp3) is 0.0182. The first kappa shape index (κ1) is 33.0. The molecule has 1 spiro atoms. The number of anilines is 6. The number of benzene rings is 9. The van der Waals surface area contributed by atoms with Gasteiger partial charge >= 0.3 is 0 Å². The van der Waals surface area contributed by atoms with Crippen LogP contribution in [0, 0.1) is 0 Å². The Kier molecular flexibility index (Phi) is 7.75. The zero-order valence-corrected chi connectivity index (χ0v) is 31.3. The van der Waals surface area contributed by atoms with Crippen LogP contribution in [0.2, 0.25) is 0 Å². The second kappa shape index (κ2) is 13.4. The molecule has 0 aromatic heterocycles. The molecule has 11 rings (SSSR count). The lowest BCUT2D eigenvalue weighted by atomic mass is 9.70. The number of para-hydroxylation sites is 4. The van der Waals surface area contributed by atoms with Gasteiger partial charge in [0.25, 0.3) is 0 Å². The van der Waals surface area contributed by atoms with Gasteiger partial charge in [-0.25, -0.2) is 0 Å². The maximum Gasteiger partial charge on any atom is 0.0726 e. The van der Waals surface area contributed by atoms with Crippen LogP contribution in [0.15, 0.2) is 231 Å². The van der Waals surface area contributed by atoms with Gasteiger partial charge in [0.1, 0.15) is 0 Å². The summed E-state index contributed by atoms with van der Waals surface area (Å²) in [4.78, 5) is 4.70. The van der Waals surface area contributed by atoms with Crippen molar-refractivity contribution in [2.45, 2.75) is 5.41 Å². The van der Waals surface area contributed by atoms with Crippen LogP contribution in [0.3, 0.4) is 0 Å². The molecule has 0 saturated heterocycles. The minimum absolute atomic E-state index is 0.486. The van der Waals surface area contributed by atoms with Crippen LogP contribution in [-0.4, -0.2) is 0 Å². The molecule has 1 unspecified atom stereocenters. The summed E-state index contributed by atoms with van der Waals surface area (Å²) >= 11 is 0. The second-order valence-electron chi connectivity index (χ2n) is 14.9. The Morgan fingerprint density at radius 3 is 1.19 bits per heavy atom. The first-order chi connectivity index (χ1) is 28.3. The largest absolute Gasteiger partial charge is 0.311 e. The lowest BCUT2D eigenvalue weighted by molar-refractivity contribution is 0.794. The molecule has 9 aromatic carbocycles. The third kappa shape index (κ3) is 5.11. The summed E-state index contributed by atoms with van der Waals surface area (Å²) < 4.78 is 0. The van der Waals surface area contributed by atoms with Gasteiger partial charge in [-0.1, -0.05) is 158 Å². The van der Waals surface area contributed by atoms with Crippen LogP contribution in [0.1, 0.15) is 22.3 Å². The average molecular weight is 727 g/mol. The Labute approximate surface area is 334 Å². The van der Waals surface area contributed by atoms with Crippen LogP contribution >= 0.6 is 0 Å². The first-order valence-electron chi connectivity index (χ1n) is 19.7. The molecule has 268 valence electrons. The van der Waals surface area contributed by atoms with Gasteiger partial charge < -0.3 is 9.80 Å². The molecule has 1 atom stereocenters. The molecular formula is C55H38N2. The summed E-state index contributed by atoms with van der Waals surface area (Å²) in [6.45, 7) is 0. The maximum atomic E-state index is 2.46. The molecule has 0 N–H and O–H groups in total. The summed E-state index contributed by atoms with van der Waals surface area (Å²) in [5.41, 5.74) is 19.2. The summed E-state index contributed by atoms with van der Waals surface area (Å²) in [5, 5.41) is 0. The molecule has 2 heteroatoms. The fourth-order valence-corrected chi connectivity index (χ4v) is 9.55. The number of fused-ring (bicyclic) bond motifs is 10. The molecule has 0 heterocycles. The highest BCUT2D eigenvalue weighted by atomic mass is 15.1. The van der Waals surface area contributed by atoms with E-state index in [0.717, 1.165) is 34.1 Å². The quantitative estimate of drug-likeness (QED) is 0.161. The van der Waals surface area contributed by atoms with E-state index in [1.807, 2.05) is 0 Å². The monoisotopic (exact) mass is 726 g/mol. The minimum atomic E-state index is -0.486. The molecule has 2 nitrogen and oxygen atoms in total. The number of rotatable bonds is 7. The molecule has 0 aliphatic heterocycles. The van der Waals surface area contributed by atoms with Crippen LogP contribution in [0.25, 0.3) is 33.4 Å². The van der Waals surface area contributed by atoms with Crippen molar-refractivity contribution in [1.29, 1.82) is 0 Å². The molecule has 0 saturated carbocycles. The van der Waals surface area contributed by atoms with E-state index in [9.17, 15) is 0 Å². The zero-order chi connectivity index (χ0) is 37.8. The standard InChI is InChI=1S/C55H38N2/c1-5-18-40(19-6-1)56(41-20-7-2-8-21-41)44-34-32-39(33-35-44)46-28-17-31-52-54(46)49-27-14-16-30-51(49)55(52)50-29-15-13-26-47(50)48-37-36-45(38-53(48)55)57(42-22-9-3-10-23-42)43-24-11-4-12-25-43/h1-38H. The molecule has 2 aliphatic carbocycles. The van der Waals surface area contributed by atoms with E-state index in [1.54, 1.807) is 0 Å². The SMILES string of the molecule is c1ccc(N(c2ccccc2)c2ccc(-c3cccc4c3-c3ccccc3C43c4ccccc4-c4ccc(N(c5ccccc5)c5ccccc5)cc43)cc2)cc1. The van der Waals surface area contributed by atoms with E-state index in [1.165, 1.54) is 55.6 Å². The van der Waals surface area contributed by atoms with Gasteiger partial charge in [-0.3, -0.25) is 0 Å². The maximum absolute atomic E-state index is 2.46. The Balaban J connectivity index is 1.11. The van der Waals surface area contributed by atoms with Gasteiger partial charge in [-0.05, 0) is 128 Å². The molecule has 2 aliphatic rings. The predicted molar refractivity (Wildman–Crippen MR) is 238 cm³/mol. The van der Waals surface area contributed by atoms with E-state index < -0.39 is 5.41 Å². The van der Waals surface area contributed by atoms with Crippen molar-refractivity contribution in [1.82, 2.24) is 0 Å². The summed E-state index contributed by atoms with van der Waals surface area (Å²) in [7, 11) is 0. The van der Waals surface area contributed by atoms with Gasteiger partial charge in [0.05, 0.1) is 5.41 Å². The lowest BCUT2D eigenvalue weighted by Gasteiger charge is -2.32. The normalized spacial score (nSPS) is 14.4. The first-order valence-corrected chi connectivity index (χ1v) is 19.7. The van der Waals surface area contributed by atoms with E-state index in [-0.39, 0.29) is 0 Å². The van der Waals surface area contributed by atoms with Crippen LogP contribution in [0.4, 0.5) is 34.1 Å². The van der Waals surface area contributed by atoms with Crippen molar-refractivity contribution < 1.29 is 0 Å². The predicted octanol–water partition coefficient (Wildman–Crippen LogP) is 14.6. The summed E-state index contributed by atoms with van der Waals surface area (Å²) in [6, 6.07) is 84.0. The van der Waals surface area contributed by atoms with Crippen molar-refractivity contribution >= 4 is 34.1 Å². The highest BCUT2D eigenvalue weighted by molar-refractivity contribution is 6.00. The van der Waals surface area contributed by atoms with Gasteiger partial charge in [-0.15, -0.1) is 0 Å². The number of hydrogen-bond acceptors (Lipinski definition) is 2. The Bertz CT molecular complexity index is 2810. The van der Waals surface area contributed by atoms with Crippen molar-refractivity contribution in [3.05, 3.63) is 253 Å². The van der Waals surface area contributed by atoms with Crippen LogP contribution in [0.5, 0.6) is 0 Å². The Morgan fingerprint density at radius 2 is 0.632 bits per heavy atom. The molecular weight excluding hydrogens is 689 g/mol. The third-order valence-corrected chi connectivity index (χ3v) is 11.8. The minimum Gasteiger partial charge on any atom is -0.311 e. The van der Waals surface area contributed by atoms with Gasteiger partial charge in [0.15, 0.2) is 0 Å². The van der Waals surface area contributed by atoms with Crippen molar-refractivity contribution in [3.63, 3.8) is 0 Å². The van der Waals surface area contributed by atoms with E-state index >= 15 is 0 Å². The Hall–Kier alpha value is -7.42. The van der Waals surface area contributed by atoms with Gasteiger partial charge in [0.2, 0.25) is 0 Å². The fourth-order valence-electron chi connectivity index (χ4n) is 9.55. The highest BCUT2D eigenvalue weighted by Crippen LogP contribution is 2.64. The van der Waals surface area contributed by atoms with E-state index in [4.69, 9.17) is 0 Å². The smallest absolute Gasteiger partial charge is 0.0726 e. The van der Waals surface area contributed by atoms with E-state index in [0.29, 0.717) is 0 Å². The van der Waals surface area contributed by atoms with Gasteiger partial charge in [-0.2, -0.15) is 0 Å². The van der Waals surface area contributed by atoms with Crippen LogP contribution < -0.4 is 9.80 Å². The molecule has 9 aromatic rings. The van der Waals surface area contributed by atoms with Crippen molar-refractivity contribution in [3.8, 4) is 33.4 Å². The second-order valence-corrected chi connectivity index (χ2v) is 14.9. The van der Waals surface area contributed by atoms with Crippen molar-refractivity contribution in [2.24, 2.45) is 0 Å². The number of hydrogen-bond donors (Lipinski definition) is 0. The van der Waals surface area contributed by atoms with Gasteiger partial charge in [0, 0.05) is 34.1 Å². The lowest BCUT2D eigenvalue weighted by Crippen LogP contribution is -2.26.